The van der Waals surface area contributed by atoms with Crippen molar-refractivity contribution in [3.8, 4) is 0 Å². The summed E-state index contributed by atoms with van der Waals surface area (Å²) in [6.45, 7) is -2.70. The van der Waals surface area contributed by atoms with Crippen LogP contribution in [0.1, 0.15) is 0 Å². The van der Waals surface area contributed by atoms with Crippen LogP contribution < -0.4 is 0 Å². The second kappa shape index (κ2) is 12.0. The van der Waals surface area contributed by atoms with E-state index in [1.807, 2.05) is 0 Å². The van der Waals surface area contributed by atoms with Crippen molar-refractivity contribution < 1.29 is 42.4 Å². The quantitative estimate of drug-likeness (QED) is 0.317. The Morgan fingerprint density at radius 3 is 2.06 bits per heavy atom. The second-order valence-corrected chi connectivity index (χ2v) is 2.79. The third kappa shape index (κ3) is 24.0. The summed E-state index contributed by atoms with van der Waals surface area (Å²) in [5, 5.41) is 24.5. The van der Waals surface area contributed by atoms with Gasteiger partial charge in [-0.1, -0.05) is 0 Å². The molecule has 0 aliphatic rings. The number of alkyl halides is 2. The van der Waals surface area contributed by atoms with Gasteiger partial charge in [-0.05, 0) is 6.61 Å². The summed E-state index contributed by atoms with van der Waals surface area (Å²) in [4.78, 5) is 0. The molecule has 0 aromatic heterocycles. The molecule has 0 bridgehead atoms. The predicted molar refractivity (Wildman–Crippen MR) is 48.4 cm³/mol. The molecule has 108 valence electrons. The van der Waals surface area contributed by atoms with Gasteiger partial charge in [0.25, 0.3) is 0 Å². The Balaban J connectivity index is -0.000000277. The third-order valence-corrected chi connectivity index (χ3v) is 1.05. The molecule has 1 atom stereocenters. The average molecular weight is 534 g/mol. The molecule has 0 saturated carbocycles. The number of hydrogen-bond acceptors (Lipinski definition) is 5. The van der Waals surface area contributed by atoms with Crippen LogP contribution in [0.3, 0.4) is 0 Å². The summed E-state index contributed by atoms with van der Waals surface area (Å²) in [6, 6.07) is 0. The Hall–Kier alpha value is -1.48. The molecule has 0 amide bonds. The number of aliphatic hydroxyl groups excluding tert-OH is 2. The molecule has 0 aliphatic carbocycles. The minimum Gasteiger partial charge on any atom is -0.419 e. The summed E-state index contributed by atoms with van der Waals surface area (Å²) in [5.74, 6) is 0. The molecule has 10 heteroatoms. The minimum atomic E-state index is -3.88. The molecule has 0 radical (unpaired) electrons. The molecule has 0 fully saturated rings. The molecular formula is C8H15F4O5Rf-. The van der Waals surface area contributed by atoms with Gasteiger partial charge in [-0.25, -0.2) is 0 Å². The SMILES string of the molecule is COC[C-](F)F.OCC(O)COCC(O)(F)F.[Rf]. The molecule has 0 saturated heterocycles. The topological polar surface area (TPSA) is 79.2 Å². The zero-order valence-corrected chi connectivity index (χ0v) is 16.2. The van der Waals surface area contributed by atoms with E-state index in [0.29, 0.717) is 0 Å². The van der Waals surface area contributed by atoms with Crippen LogP contribution in [0.25, 0.3) is 0 Å². The number of halogens is 4. The first-order valence-electron chi connectivity index (χ1n) is 4.35. The fourth-order valence-electron chi connectivity index (χ4n) is 0.480. The number of hydrogen-bond donors (Lipinski definition) is 3. The zero-order valence-electron chi connectivity index (χ0n) is 9.78. The van der Waals surface area contributed by atoms with Gasteiger partial charge in [-0.3, -0.25) is 0 Å². The second-order valence-electron chi connectivity index (χ2n) is 2.79. The summed E-state index contributed by atoms with van der Waals surface area (Å²) in [7, 11) is 1.22. The van der Waals surface area contributed by atoms with Crippen LogP contribution in [0, 0.1) is 6.43 Å². The van der Waals surface area contributed by atoms with Gasteiger partial charge in [0.1, 0.15) is 12.7 Å². The fraction of sp³-hybridized carbons (Fsp3) is 0.875. The van der Waals surface area contributed by atoms with Gasteiger partial charge in [-0.15, -0.1) is 0 Å². The Kier molecular flexibility index (Phi) is 14.5. The fourth-order valence-corrected chi connectivity index (χ4v) is 0.480. The van der Waals surface area contributed by atoms with Crippen molar-refractivity contribution in [1.29, 1.82) is 0 Å². The molecule has 0 aromatic rings. The number of methoxy groups -OCH3 is 1. The van der Waals surface area contributed by atoms with E-state index in [-0.39, 0.29) is 0 Å². The largest absolute Gasteiger partial charge is 0.419 e. The van der Waals surface area contributed by atoms with Crippen molar-refractivity contribution in [3.63, 3.8) is 0 Å². The van der Waals surface area contributed by atoms with E-state index < -0.39 is 45.1 Å². The summed E-state index contributed by atoms with van der Waals surface area (Å²) in [6.07, 6.45) is -6.75. The molecule has 0 aliphatic heterocycles. The van der Waals surface area contributed by atoms with E-state index in [9.17, 15) is 17.6 Å². The molecule has 3 N–H and O–H groups in total. The van der Waals surface area contributed by atoms with Crippen LogP contribution in [0.4, 0.5) is 17.6 Å². The molecular weight excluding hydrogens is 519 g/mol. The van der Waals surface area contributed by atoms with Crippen LogP contribution in [0.5, 0.6) is 0 Å². The van der Waals surface area contributed by atoms with Crippen molar-refractivity contribution in [2.45, 2.75) is 12.2 Å². The van der Waals surface area contributed by atoms with Gasteiger partial charge < -0.3 is 33.6 Å². The molecule has 5 nitrogen and oxygen atoms in total. The van der Waals surface area contributed by atoms with Gasteiger partial charge in [0.2, 0.25) is 0 Å². The molecule has 0 heterocycles. The average Bonchev–Trinajstić information content (AvgIpc) is 2.16. The van der Waals surface area contributed by atoms with E-state index in [1.54, 1.807) is 0 Å². The first-order chi connectivity index (χ1) is 7.72. The number of aliphatic hydroxyl groups is 3. The van der Waals surface area contributed by atoms with Gasteiger partial charge in [0.15, 0.2) is 0 Å². The maximum atomic E-state index is 11.6. The monoisotopic (exact) mass is 534 g/mol. The van der Waals surface area contributed by atoms with Crippen LogP contribution in [0.15, 0.2) is 0 Å². The van der Waals surface area contributed by atoms with E-state index in [4.69, 9.17) is 15.3 Å². The first kappa shape index (κ1) is 21.8. The van der Waals surface area contributed by atoms with Gasteiger partial charge in [0.05, 0.1) is 13.2 Å². The molecule has 1 unspecified atom stereocenters. The normalized spacial score (nSPS) is 12.5. The van der Waals surface area contributed by atoms with E-state index in [0.717, 1.165) is 0 Å². The van der Waals surface area contributed by atoms with Gasteiger partial charge in [0, 0.05) is 13.5 Å². The smallest absolute Gasteiger partial charge is 0.376 e. The van der Waals surface area contributed by atoms with E-state index >= 15 is 0 Å². The van der Waals surface area contributed by atoms with Crippen molar-refractivity contribution in [2.24, 2.45) is 0 Å². The first-order valence-corrected chi connectivity index (χ1v) is 4.35. The van der Waals surface area contributed by atoms with Gasteiger partial charge >= 0.3 is 6.11 Å². The van der Waals surface area contributed by atoms with Crippen molar-refractivity contribution in [2.75, 3.05) is 33.5 Å². The van der Waals surface area contributed by atoms with Gasteiger partial charge in [-0.2, -0.15) is 8.78 Å². The third-order valence-electron chi connectivity index (χ3n) is 1.05. The maximum Gasteiger partial charge on any atom is 0.376 e. The van der Waals surface area contributed by atoms with Crippen LogP contribution in [-0.2, 0) is 9.47 Å². The van der Waals surface area contributed by atoms with Crippen molar-refractivity contribution in [1.82, 2.24) is 0 Å². The van der Waals surface area contributed by atoms with Crippen LogP contribution in [-0.4, -0.2) is 61.1 Å². The van der Waals surface area contributed by atoms with Crippen LogP contribution >= 0.6 is 0 Å². The summed E-state index contributed by atoms with van der Waals surface area (Å²) in [5.41, 5.74) is 0. The molecule has 18 heavy (non-hydrogen) atoms. The molecule has 0 aromatic carbocycles. The van der Waals surface area contributed by atoms with Crippen LogP contribution in [0.2, 0.25) is 0 Å². The predicted octanol–water partition coefficient (Wildman–Crippen LogP) is 0.00259. The van der Waals surface area contributed by atoms with Crippen molar-refractivity contribution in [3.05, 3.63) is 6.43 Å². The summed E-state index contributed by atoms with van der Waals surface area (Å²) >= 11 is 0. The minimum absolute atomic E-state index is 0. The summed E-state index contributed by atoms with van der Waals surface area (Å²) < 4.78 is 52.9. The van der Waals surface area contributed by atoms with E-state index in [2.05, 4.69) is 9.47 Å². The van der Waals surface area contributed by atoms with Crippen molar-refractivity contribution >= 4 is 0 Å². The standard InChI is InChI=1S/C5H10F2O4.C3H5F2O.Rf/c6-5(7,10)3-11-2-4(9)1-8;1-6-2-3(4)5;/h4,8-10H,1-3H2;2H2,1H3;/q;-1;. The Bertz CT molecular complexity index is 170. The number of rotatable bonds is 7. The Morgan fingerprint density at radius 2 is 1.83 bits per heavy atom. The Morgan fingerprint density at radius 1 is 1.33 bits per heavy atom. The molecule has 0 rings (SSSR count). The number of ether oxygens (including phenoxy) is 2. The Labute approximate surface area is 95.6 Å². The maximum absolute atomic E-state index is 11.6. The van der Waals surface area contributed by atoms with E-state index in [1.165, 1.54) is 7.11 Å². The zero-order chi connectivity index (χ0) is 13.9. The molecule has 0 spiro atoms.